The van der Waals surface area contributed by atoms with Gasteiger partial charge in [0.05, 0.1) is 10.8 Å². The Bertz CT molecular complexity index is 1450. The van der Waals surface area contributed by atoms with E-state index in [-0.39, 0.29) is 39.7 Å². The van der Waals surface area contributed by atoms with E-state index in [1.165, 1.54) is 27.9 Å². The monoisotopic (exact) mass is 570 g/mol. The number of phenolic OH excluding ortho intramolecular Hbond substituents is 1. The van der Waals surface area contributed by atoms with Crippen LogP contribution < -0.4 is 10.2 Å². The highest BCUT2D eigenvalue weighted by Gasteiger charge is 2.64. The summed E-state index contributed by atoms with van der Waals surface area (Å²) in [7, 11) is 4.17. The third-order valence-corrected chi connectivity index (χ3v) is 13.5. The molecule has 2 saturated carbocycles. The van der Waals surface area contributed by atoms with Gasteiger partial charge >= 0.3 is 0 Å². The number of phenols is 1. The fourth-order valence-electron chi connectivity index (χ4n) is 10.4. The van der Waals surface area contributed by atoms with Crippen molar-refractivity contribution in [1.82, 2.24) is 5.32 Å². The second-order valence-electron chi connectivity index (χ2n) is 15.5. The Balaban J connectivity index is 1.31. The SMILES string of the molecule is CN(C)c1ccc2c(c1)[C@@]1(C)CCC[C@](C)(C(=O)NC(=O)[C@@]3(C)CCC[C@]4(C)c5cc(O)ccc5CC[C@@]34C)[C@@H]1CC2. The molecule has 2 aromatic rings. The summed E-state index contributed by atoms with van der Waals surface area (Å²) in [6.07, 6.45) is 9.23. The second kappa shape index (κ2) is 9.59. The van der Waals surface area contributed by atoms with Crippen LogP contribution in [0.2, 0.25) is 0 Å². The van der Waals surface area contributed by atoms with E-state index in [9.17, 15) is 14.7 Å². The van der Waals surface area contributed by atoms with Crippen molar-refractivity contribution in [2.45, 2.75) is 110 Å². The number of nitrogens with one attached hydrogen (secondary N) is 1. The van der Waals surface area contributed by atoms with E-state index in [0.29, 0.717) is 0 Å². The minimum atomic E-state index is -0.688. The zero-order chi connectivity index (χ0) is 30.3. The normalized spacial score (nSPS) is 37.0. The van der Waals surface area contributed by atoms with Gasteiger partial charge in [0.2, 0.25) is 11.8 Å². The van der Waals surface area contributed by atoms with Crippen molar-refractivity contribution in [3.05, 3.63) is 58.7 Å². The topological polar surface area (TPSA) is 69.6 Å². The van der Waals surface area contributed by atoms with E-state index in [0.717, 1.165) is 64.2 Å². The summed E-state index contributed by atoms with van der Waals surface area (Å²) >= 11 is 0. The van der Waals surface area contributed by atoms with Crippen molar-refractivity contribution in [2.24, 2.45) is 22.2 Å². The Morgan fingerprint density at radius 2 is 1.50 bits per heavy atom. The Labute approximate surface area is 252 Å². The number of fused-ring (bicyclic) bond motifs is 6. The number of carbonyl (C=O) groups excluding carboxylic acids is 2. The highest BCUT2D eigenvalue weighted by atomic mass is 16.3. The van der Waals surface area contributed by atoms with Crippen molar-refractivity contribution in [3.8, 4) is 5.75 Å². The number of aromatic hydroxyl groups is 1. The molecule has 6 rings (SSSR count). The highest BCUT2D eigenvalue weighted by molar-refractivity contribution is 6.01. The number of hydrogen-bond donors (Lipinski definition) is 2. The predicted molar refractivity (Wildman–Crippen MR) is 169 cm³/mol. The smallest absolute Gasteiger partial charge is 0.233 e. The molecule has 0 spiro atoms. The van der Waals surface area contributed by atoms with Crippen molar-refractivity contribution in [1.29, 1.82) is 0 Å². The van der Waals surface area contributed by atoms with Gasteiger partial charge in [-0.3, -0.25) is 14.9 Å². The van der Waals surface area contributed by atoms with Gasteiger partial charge in [-0.25, -0.2) is 0 Å². The molecule has 0 aromatic heterocycles. The van der Waals surface area contributed by atoms with Crippen LogP contribution in [0.3, 0.4) is 0 Å². The predicted octanol–water partition coefficient (Wildman–Crippen LogP) is 7.21. The maximum atomic E-state index is 14.5. The first-order valence-electron chi connectivity index (χ1n) is 16.2. The molecule has 6 atom stereocenters. The molecule has 226 valence electrons. The number of amides is 2. The molecular weight excluding hydrogens is 520 g/mol. The fraction of sp³-hybridized carbons (Fsp3) is 0.622. The van der Waals surface area contributed by atoms with Gasteiger partial charge in [0.25, 0.3) is 0 Å². The van der Waals surface area contributed by atoms with Gasteiger partial charge in [-0.05, 0) is 120 Å². The lowest BCUT2D eigenvalue weighted by molar-refractivity contribution is -0.157. The van der Waals surface area contributed by atoms with E-state index < -0.39 is 10.8 Å². The number of rotatable bonds is 3. The molecule has 4 aliphatic rings. The summed E-state index contributed by atoms with van der Waals surface area (Å²) in [5.74, 6) is 0.276. The molecule has 0 bridgehead atoms. The molecule has 2 fully saturated rings. The Morgan fingerprint density at radius 3 is 2.24 bits per heavy atom. The molecule has 0 unspecified atom stereocenters. The largest absolute Gasteiger partial charge is 0.508 e. The zero-order valence-corrected chi connectivity index (χ0v) is 26.8. The third kappa shape index (κ3) is 3.87. The quantitative estimate of drug-likeness (QED) is 0.383. The van der Waals surface area contributed by atoms with Gasteiger partial charge in [-0.15, -0.1) is 0 Å². The lowest BCUT2D eigenvalue weighted by Crippen LogP contribution is -2.64. The van der Waals surface area contributed by atoms with Crippen LogP contribution in [-0.4, -0.2) is 31.0 Å². The van der Waals surface area contributed by atoms with Gasteiger partial charge in [0, 0.05) is 19.8 Å². The first kappa shape index (κ1) is 29.3. The number of nitrogens with zero attached hydrogens (tertiary/aromatic N) is 1. The average molecular weight is 571 g/mol. The molecule has 42 heavy (non-hydrogen) atoms. The first-order valence-corrected chi connectivity index (χ1v) is 16.2. The zero-order valence-electron chi connectivity index (χ0n) is 26.8. The van der Waals surface area contributed by atoms with E-state index >= 15 is 0 Å². The molecule has 5 heteroatoms. The first-order chi connectivity index (χ1) is 19.7. The Hall–Kier alpha value is -2.82. The summed E-state index contributed by atoms with van der Waals surface area (Å²) in [4.78, 5) is 31.0. The molecule has 2 aromatic carbocycles. The maximum absolute atomic E-state index is 14.5. The van der Waals surface area contributed by atoms with Crippen LogP contribution in [0.4, 0.5) is 5.69 Å². The number of imide groups is 1. The van der Waals surface area contributed by atoms with Gasteiger partial charge in [-0.2, -0.15) is 0 Å². The van der Waals surface area contributed by atoms with E-state index in [4.69, 9.17) is 0 Å². The minimum Gasteiger partial charge on any atom is -0.508 e. The lowest BCUT2D eigenvalue weighted by atomic mass is 9.41. The molecule has 0 saturated heterocycles. The number of hydrogen-bond acceptors (Lipinski definition) is 4. The Morgan fingerprint density at radius 1 is 0.810 bits per heavy atom. The molecule has 0 heterocycles. The number of benzene rings is 2. The van der Waals surface area contributed by atoms with Gasteiger partial charge in [0.1, 0.15) is 5.75 Å². The highest BCUT2D eigenvalue weighted by Crippen LogP contribution is 2.66. The van der Waals surface area contributed by atoms with Crippen molar-refractivity contribution < 1.29 is 14.7 Å². The fourth-order valence-corrected chi connectivity index (χ4v) is 10.4. The van der Waals surface area contributed by atoms with Crippen molar-refractivity contribution >= 4 is 17.5 Å². The Kier molecular flexibility index (Phi) is 6.68. The molecule has 0 aliphatic heterocycles. The van der Waals surface area contributed by atoms with Crippen LogP contribution in [-0.2, 0) is 33.3 Å². The lowest BCUT2D eigenvalue weighted by Gasteiger charge is -2.62. The van der Waals surface area contributed by atoms with E-state index in [1.807, 2.05) is 6.07 Å². The van der Waals surface area contributed by atoms with Crippen LogP contribution in [0.5, 0.6) is 5.75 Å². The van der Waals surface area contributed by atoms with Gasteiger partial charge < -0.3 is 10.0 Å². The number of anilines is 1. The standard InChI is InChI=1S/C37H50N2O3/c1-33-17-8-18-34(2,30(33)15-12-24-10-13-26(39(6)7)22-28(24)33)31(41)38-32(42)36(4)20-9-19-35(3)29-23-27(40)14-11-25(29)16-21-37(35,36)5/h10-11,13-14,22-23,30,40H,8-9,12,15-21H2,1-7H3,(H,38,41,42)/t30-,33-,34+,35-,36-,37-/m1/s1. The summed E-state index contributed by atoms with van der Waals surface area (Å²) < 4.78 is 0. The summed E-state index contributed by atoms with van der Waals surface area (Å²) in [5, 5.41) is 13.5. The number of aryl methyl sites for hydroxylation is 2. The second-order valence-corrected chi connectivity index (χ2v) is 15.5. The van der Waals surface area contributed by atoms with Crippen LogP contribution in [0.25, 0.3) is 0 Å². The van der Waals surface area contributed by atoms with E-state index in [2.05, 4.69) is 83.2 Å². The third-order valence-electron chi connectivity index (χ3n) is 13.5. The number of carbonyl (C=O) groups is 2. The molecule has 5 nitrogen and oxygen atoms in total. The van der Waals surface area contributed by atoms with E-state index in [1.54, 1.807) is 6.07 Å². The molecule has 2 N–H and O–H groups in total. The van der Waals surface area contributed by atoms with Gasteiger partial charge in [-0.1, -0.05) is 59.6 Å². The molecule has 4 aliphatic carbocycles. The van der Waals surface area contributed by atoms with Gasteiger partial charge in [0.15, 0.2) is 0 Å². The summed E-state index contributed by atoms with van der Waals surface area (Å²) in [6.45, 7) is 11.2. The molecule has 2 amide bonds. The van der Waals surface area contributed by atoms with Crippen molar-refractivity contribution in [3.63, 3.8) is 0 Å². The summed E-state index contributed by atoms with van der Waals surface area (Å²) in [6, 6.07) is 12.6. The summed E-state index contributed by atoms with van der Waals surface area (Å²) in [5.41, 5.74) is 4.48. The average Bonchev–Trinajstić information content (AvgIpc) is 2.94. The van der Waals surface area contributed by atoms with Crippen LogP contribution in [0.1, 0.15) is 108 Å². The molecule has 0 radical (unpaired) electrons. The molecular formula is C37H50N2O3. The van der Waals surface area contributed by atoms with Crippen LogP contribution in [0.15, 0.2) is 36.4 Å². The van der Waals surface area contributed by atoms with Crippen LogP contribution in [0, 0.1) is 22.2 Å². The van der Waals surface area contributed by atoms with Crippen LogP contribution >= 0.6 is 0 Å². The van der Waals surface area contributed by atoms with Crippen molar-refractivity contribution in [2.75, 3.05) is 19.0 Å². The minimum absolute atomic E-state index is 0.0819. The maximum Gasteiger partial charge on any atom is 0.233 e.